The number of allylic oxidation sites excluding steroid dienone is 1. The second-order valence-electron chi connectivity index (χ2n) is 13.8. The zero-order valence-corrected chi connectivity index (χ0v) is 39.7. The molecule has 5 rings (SSSR count). The fraction of sp³-hybridized carbons (Fsp3) is 0.400. The van der Waals surface area contributed by atoms with Gasteiger partial charge in [-0.15, -0.1) is 0 Å². The van der Waals surface area contributed by atoms with Crippen LogP contribution in [-0.4, -0.2) is 56.3 Å². The molecule has 2 aliphatic rings. The average molecular weight is 791 g/mol. The van der Waals surface area contributed by atoms with Gasteiger partial charge in [-0.2, -0.15) is 0 Å². The quantitative estimate of drug-likeness (QED) is 0.0891. The molecule has 1 unspecified atom stereocenters. The molecule has 0 radical (unpaired) electrons. The molecule has 0 fully saturated rings. The summed E-state index contributed by atoms with van der Waals surface area (Å²) in [5, 5.41) is 39.2. The van der Waals surface area contributed by atoms with E-state index in [1.165, 1.54) is 0 Å². The van der Waals surface area contributed by atoms with Gasteiger partial charge in [0.15, 0.2) is 0 Å². The summed E-state index contributed by atoms with van der Waals surface area (Å²) in [6, 6.07) is 4.30. The van der Waals surface area contributed by atoms with Gasteiger partial charge >= 0.3 is 88.7 Å². The number of nitrogens with zero attached hydrogens (tertiary/aromatic N) is 2. The fourth-order valence-corrected chi connectivity index (χ4v) is 7.51. The Morgan fingerprint density at radius 1 is 0.929 bits per heavy atom. The summed E-state index contributed by atoms with van der Waals surface area (Å²) in [4.78, 5) is 67.3. The van der Waals surface area contributed by atoms with Crippen molar-refractivity contribution in [2.24, 2.45) is 5.73 Å². The third-order valence-electron chi connectivity index (χ3n) is 10.5. The van der Waals surface area contributed by atoms with Crippen molar-refractivity contribution in [2.75, 3.05) is 6.54 Å². The van der Waals surface area contributed by atoms with Crippen molar-refractivity contribution in [1.82, 2.24) is 25.3 Å². The van der Waals surface area contributed by atoms with Crippen molar-refractivity contribution in [1.29, 1.82) is 0 Å². The number of hydrogen-bond acceptors (Lipinski definition) is 10. The summed E-state index contributed by atoms with van der Waals surface area (Å²) >= 11 is 0. The van der Waals surface area contributed by atoms with E-state index in [9.17, 15) is 34.5 Å². The van der Waals surface area contributed by atoms with E-state index in [0.717, 1.165) is 44.3 Å². The largest absolute Gasteiger partial charge is 1.00 e. The number of aromatic nitrogens is 4. The third kappa shape index (κ3) is 10.5. The Labute approximate surface area is 392 Å². The van der Waals surface area contributed by atoms with Crippen LogP contribution in [-0.2, 0) is 32.0 Å². The number of aryl methyl sites for hydroxylation is 3. The number of H-pyrrole nitrogens is 2. The van der Waals surface area contributed by atoms with E-state index in [1.807, 2.05) is 39.8 Å². The minimum Gasteiger partial charge on any atom is -0.550 e. The second kappa shape index (κ2) is 21.4. The van der Waals surface area contributed by atoms with E-state index < -0.39 is 42.2 Å². The van der Waals surface area contributed by atoms with E-state index in [1.54, 1.807) is 19.1 Å². The Morgan fingerprint density at radius 2 is 1.59 bits per heavy atom. The summed E-state index contributed by atoms with van der Waals surface area (Å²) in [5.41, 5.74) is 13.7. The SMILES string of the molecule is C=Cc1c(C)c2cc3nc(c(CC(=O)NC(CCCCN)C(=O)[O-])c4nc(cc5[nH]c(cc1[nH]2)c(C)c5CC)C(C)=C4C(=O)[O-])[C@@H](CCC(=O)[O-])[C@@H]3C.[Na+].[Na+].[Na+]. The van der Waals surface area contributed by atoms with Crippen LogP contribution in [0.3, 0.4) is 0 Å². The molecule has 16 heteroatoms. The van der Waals surface area contributed by atoms with Gasteiger partial charge in [0.1, 0.15) is 0 Å². The minimum absolute atomic E-state index is 0. The maximum absolute atomic E-state index is 13.8. The minimum atomic E-state index is -1.53. The molecule has 5 heterocycles. The van der Waals surface area contributed by atoms with Crippen molar-refractivity contribution in [3.63, 3.8) is 0 Å². The van der Waals surface area contributed by atoms with Gasteiger partial charge < -0.3 is 50.7 Å². The smallest absolute Gasteiger partial charge is 0.550 e. The van der Waals surface area contributed by atoms with Crippen LogP contribution in [0.15, 0.2) is 24.8 Å². The van der Waals surface area contributed by atoms with Crippen LogP contribution in [0.4, 0.5) is 0 Å². The number of rotatable bonds is 14. The van der Waals surface area contributed by atoms with Crippen LogP contribution in [0.25, 0.3) is 39.3 Å². The van der Waals surface area contributed by atoms with Crippen molar-refractivity contribution in [2.45, 2.75) is 97.4 Å². The maximum Gasteiger partial charge on any atom is 1.00 e. The van der Waals surface area contributed by atoms with E-state index in [2.05, 4.69) is 21.9 Å². The Balaban J connectivity index is 0.00000361. The van der Waals surface area contributed by atoms with Crippen LogP contribution >= 0.6 is 0 Å². The molecule has 280 valence electrons. The topological polar surface area (TPSA) is 233 Å². The number of nitrogens with two attached hydrogens (primary N) is 1. The first-order chi connectivity index (χ1) is 25.2. The molecule has 0 saturated heterocycles. The molecule has 56 heavy (non-hydrogen) atoms. The van der Waals surface area contributed by atoms with Crippen LogP contribution in [0.1, 0.15) is 115 Å². The van der Waals surface area contributed by atoms with Gasteiger partial charge in [-0.05, 0) is 106 Å². The van der Waals surface area contributed by atoms with Crippen molar-refractivity contribution < 1.29 is 123 Å². The number of carbonyl (C=O) groups is 4. The van der Waals surface area contributed by atoms with Gasteiger partial charge in [-0.1, -0.05) is 26.5 Å². The molecule has 3 aromatic heterocycles. The van der Waals surface area contributed by atoms with Gasteiger partial charge in [0.25, 0.3) is 0 Å². The Hall–Kier alpha value is -2.56. The molecular formula is C40H45N6Na3O7. The monoisotopic (exact) mass is 790 g/mol. The molecular weight excluding hydrogens is 745 g/mol. The molecule has 8 bridgehead atoms. The molecule has 3 aromatic rings. The van der Waals surface area contributed by atoms with Crippen LogP contribution in [0.5, 0.6) is 0 Å². The summed E-state index contributed by atoms with van der Waals surface area (Å²) in [5.74, 6) is -5.99. The number of carboxylic acid groups (broad SMARTS) is 3. The number of amides is 1. The van der Waals surface area contributed by atoms with Crippen LogP contribution < -0.4 is 115 Å². The first-order valence-corrected chi connectivity index (χ1v) is 17.9. The molecule has 2 aliphatic heterocycles. The molecule has 3 atom stereocenters. The Bertz CT molecular complexity index is 2210. The number of unbranched alkanes of at least 4 members (excludes halogenated alkanes) is 1. The average Bonchev–Trinajstić information content (AvgIpc) is 3.78. The summed E-state index contributed by atoms with van der Waals surface area (Å²) < 4.78 is 0. The summed E-state index contributed by atoms with van der Waals surface area (Å²) in [7, 11) is 0. The Morgan fingerprint density at radius 3 is 2.18 bits per heavy atom. The fourth-order valence-electron chi connectivity index (χ4n) is 7.51. The van der Waals surface area contributed by atoms with Crippen LogP contribution in [0.2, 0.25) is 0 Å². The molecule has 1 amide bonds. The number of nitrogens with one attached hydrogen (secondary N) is 3. The van der Waals surface area contributed by atoms with Crippen molar-refractivity contribution in [3.05, 3.63) is 75.4 Å². The van der Waals surface area contributed by atoms with E-state index in [4.69, 9.17) is 15.7 Å². The molecule has 0 saturated carbocycles. The standard InChI is InChI=1S/C40H48N6O7.3Na/c1-7-23-19(3)28-16-30-21(5)25(12-13-35(48)49)37(45-30)26(15-34(47)44-27(39(50)51)11-9-10-14-41)38-36(40(52)53)22(6)31(46-38)18-33-24(8-2)20(4)29(43-33)17-32(23)42-28;;;/h7,16-18,21,25,27,42-43H,1,8-15,41H2,2-6H3,(H,44,47)(H,48,49)(H,50,51)(H,52,53);;;/q;3*+1/p-3/t21-,25-,27?;;;/m0.../s1. The zero-order valence-electron chi connectivity index (χ0n) is 33.7. The van der Waals surface area contributed by atoms with Gasteiger partial charge in [-0.25, -0.2) is 4.98 Å². The first kappa shape index (κ1) is 49.6. The molecule has 0 aromatic carbocycles. The van der Waals surface area contributed by atoms with Gasteiger partial charge in [0, 0.05) is 62.3 Å². The molecule has 0 spiro atoms. The van der Waals surface area contributed by atoms with Gasteiger partial charge in [0.05, 0.1) is 41.5 Å². The van der Waals surface area contributed by atoms with E-state index >= 15 is 0 Å². The van der Waals surface area contributed by atoms with Gasteiger partial charge in [0.2, 0.25) is 5.91 Å². The summed E-state index contributed by atoms with van der Waals surface area (Å²) in [6.07, 6.45) is 2.71. The zero-order chi connectivity index (χ0) is 38.7. The number of aromatic amines is 2. The number of carboxylic acids is 3. The summed E-state index contributed by atoms with van der Waals surface area (Å²) in [6.45, 7) is 13.9. The second-order valence-corrected chi connectivity index (χ2v) is 13.8. The predicted octanol–water partition coefficient (Wildman–Crippen LogP) is -6.85. The normalized spacial score (nSPS) is 15.2. The number of carbonyl (C=O) groups excluding carboxylic acids is 4. The predicted molar refractivity (Wildman–Crippen MR) is 196 cm³/mol. The molecule has 13 nitrogen and oxygen atoms in total. The first-order valence-electron chi connectivity index (χ1n) is 17.9. The van der Waals surface area contributed by atoms with Crippen molar-refractivity contribution >= 4 is 63.1 Å². The number of fused-ring (bicyclic) bond motifs is 8. The molecule has 0 aliphatic carbocycles. The van der Waals surface area contributed by atoms with E-state index in [0.29, 0.717) is 42.8 Å². The van der Waals surface area contributed by atoms with Crippen LogP contribution in [0, 0.1) is 13.8 Å². The van der Waals surface area contributed by atoms with E-state index in [-0.39, 0.29) is 136 Å². The number of hydrogen-bond donors (Lipinski definition) is 4. The maximum atomic E-state index is 13.8. The van der Waals surface area contributed by atoms with Gasteiger partial charge in [-0.3, -0.25) is 9.78 Å². The Kier molecular flexibility index (Phi) is 19.0. The van der Waals surface area contributed by atoms with Crippen molar-refractivity contribution in [3.8, 4) is 0 Å². The third-order valence-corrected chi connectivity index (χ3v) is 10.5. The molecule has 5 N–H and O–H groups in total. The number of aliphatic carboxylic acids is 3.